The lowest BCUT2D eigenvalue weighted by Crippen LogP contribution is -2.37. The Bertz CT molecular complexity index is 470. The predicted molar refractivity (Wildman–Crippen MR) is 77.3 cm³/mol. The van der Waals surface area contributed by atoms with Gasteiger partial charge < -0.3 is 10.0 Å². The summed E-state index contributed by atoms with van der Waals surface area (Å²) in [7, 11) is 0. The number of nitrogens with zero attached hydrogens (tertiary/aromatic N) is 1. The molecule has 0 spiro atoms. The molecule has 19 heavy (non-hydrogen) atoms. The molecule has 2 rings (SSSR count). The molecule has 0 aliphatic heterocycles. The molecule has 1 fully saturated rings. The smallest absolute Gasteiger partial charge is 0.323 e. The van der Waals surface area contributed by atoms with Crippen LogP contribution in [0, 0.1) is 0 Å². The number of carbonyl (C=O) groups is 2. The van der Waals surface area contributed by atoms with E-state index in [0.29, 0.717) is 6.42 Å². The number of carbonyl (C=O) groups excluding carboxylic acids is 1. The highest BCUT2D eigenvalue weighted by Gasteiger charge is 2.33. The highest BCUT2D eigenvalue weighted by molar-refractivity contribution is 9.11. The summed E-state index contributed by atoms with van der Waals surface area (Å²) in [6.07, 6.45) is 3.95. The van der Waals surface area contributed by atoms with E-state index in [1.54, 1.807) is 11.3 Å². The fourth-order valence-electron chi connectivity index (χ4n) is 2.00. The van der Waals surface area contributed by atoms with Gasteiger partial charge in [-0.1, -0.05) is 0 Å². The van der Waals surface area contributed by atoms with Crippen LogP contribution in [-0.4, -0.2) is 34.5 Å². The quantitative estimate of drug-likeness (QED) is 0.826. The summed E-state index contributed by atoms with van der Waals surface area (Å²) in [5, 5.41) is 8.82. The first-order chi connectivity index (χ1) is 9.06. The highest BCUT2D eigenvalue weighted by Crippen LogP contribution is 2.28. The molecule has 0 atom stereocenters. The van der Waals surface area contributed by atoms with Crippen molar-refractivity contribution in [3.63, 3.8) is 0 Å². The van der Waals surface area contributed by atoms with Gasteiger partial charge in [0.05, 0.1) is 3.79 Å². The molecule has 0 radical (unpaired) electrons. The minimum atomic E-state index is -0.928. The normalized spacial score (nSPS) is 14.4. The molecule has 1 aliphatic carbocycles. The largest absolute Gasteiger partial charge is 0.480 e. The molecule has 1 aliphatic rings. The average Bonchev–Trinajstić information content (AvgIpc) is 3.10. The zero-order chi connectivity index (χ0) is 13.8. The van der Waals surface area contributed by atoms with Crippen LogP contribution in [0.1, 0.15) is 30.6 Å². The number of hydrogen-bond donors (Lipinski definition) is 1. The molecular formula is C13H16BrNO3S. The van der Waals surface area contributed by atoms with Crippen LogP contribution in [0.4, 0.5) is 0 Å². The summed E-state index contributed by atoms with van der Waals surface area (Å²) in [6.45, 7) is -0.159. The first-order valence-corrected chi connectivity index (χ1v) is 7.92. The second kappa shape index (κ2) is 6.52. The monoisotopic (exact) mass is 345 g/mol. The fourth-order valence-corrected chi connectivity index (χ4v) is 3.52. The Labute approximate surface area is 124 Å². The lowest BCUT2D eigenvalue weighted by Gasteiger charge is -2.20. The number of halogens is 1. The minimum absolute atomic E-state index is 0.0273. The maximum absolute atomic E-state index is 12.0. The van der Waals surface area contributed by atoms with Gasteiger partial charge in [-0.15, -0.1) is 11.3 Å². The van der Waals surface area contributed by atoms with Crippen molar-refractivity contribution < 1.29 is 14.7 Å². The summed E-state index contributed by atoms with van der Waals surface area (Å²) in [5.74, 6) is -0.956. The number of thiophene rings is 1. The van der Waals surface area contributed by atoms with E-state index in [-0.39, 0.29) is 18.5 Å². The number of rotatable bonds is 7. The summed E-state index contributed by atoms with van der Waals surface area (Å²) in [6, 6.07) is 4.22. The molecule has 0 saturated heterocycles. The third-order valence-corrected chi connectivity index (χ3v) is 4.74. The SMILES string of the molecule is O=C(O)CN(C(=O)CCCc1ccc(Br)s1)C1CC1. The lowest BCUT2D eigenvalue weighted by molar-refractivity contribution is -0.144. The number of aryl methyl sites for hydroxylation is 1. The molecule has 1 aromatic heterocycles. The van der Waals surface area contributed by atoms with Crippen LogP contribution in [0.25, 0.3) is 0 Å². The average molecular weight is 346 g/mol. The van der Waals surface area contributed by atoms with Gasteiger partial charge in [-0.3, -0.25) is 9.59 Å². The molecule has 104 valence electrons. The predicted octanol–water partition coefficient (Wildman–Crippen LogP) is 2.91. The van der Waals surface area contributed by atoms with E-state index in [2.05, 4.69) is 22.0 Å². The standard InChI is InChI=1S/C13H16BrNO3S/c14-11-7-6-10(19-11)2-1-3-12(16)15(8-13(17)18)9-4-5-9/h6-7,9H,1-5,8H2,(H,17,18). The van der Waals surface area contributed by atoms with Crippen molar-refractivity contribution >= 4 is 39.1 Å². The molecule has 1 saturated carbocycles. The summed E-state index contributed by atoms with van der Waals surface area (Å²) >= 11 is 5.08. The Morgan fingerprint density at radius 1 is 1.42 bits per heavy atom. The number of hydrogen-bond acceptors (Lipinski definition) is 3. The molecule has 1 amide bonds. The lowest BCUT2D eigenvalue weighted by atomic mass is 10.2. The Morgan fingerprint density at radius 3 is 2.68 bits per heavy atom. The summed E-state index contributed by atoms with van der Waals surface area (Å²) in [4.78, 5) is 25.5. The molecule has 0 aromatic carbocycles. The van der Waals surface area contributed by atoms with E-state index >= 15 is 0 Å². The molecule has 0 unspecified atom stereocenters. The van der Waals surface area contributed by atoms with Crippen LogP contribution in [-0.2, 0) is 16.0 Å². The van der Waals surface area contributed by atoms with Crippen molar-refractivity contribution in [1.29, 1.82) is 0 Å². The van der Waals surface area contributed by atoms with E-state index in [0.717, 1.165) is 29.5 Å². The van der Waals surface area contributed by atoms with Crippen LogP contribution in [0.15, 0.2) is 15.9 Å². The molecule has 6 heteroatoms. The Kier molecular flexibility index (Phi) is 4.99. The molecule has 1 N–H and O–H groups in total. The van der Waals surface area contributed by atoms with E-state index in [1.165, 1.54) is 9.78 Å². The van der Waals surface area contributed by atoms with Crippen LogP contribution in [0.5, 0.6) is 0 Å². The van der Waals surface area contributed by atoms with Crippen molar-refractivity contribution in [1.82, 2.24) is 4.90 Å². The van der Waals surface area contributed by atoms with E-state index < -0.39 is 5.97 Å². The van der Waals surface area contributed by atoms with E-state index in [4.69, 9.17) is 5.11 Å². The first kappa shape index (κ1) is 14.5. The van der Waals surface area contributed by atoms with Crippen molar-refractivity contribution in [2.45, 2.75) is 38.1 Å². The Hall–Kier alpha value is -0.880. The number of amides is 1. The maximum atomic E-state index is 12.0. The zero-order valence-electron chi connectivity index (χ0n) is 10.5. The van der Waals surface area contributed by atoms with Gasteiger partial charge in [0.25, 0.3) is 0 Å². The topological polar surface area (TPSA) is 57.6 Å². The van der Waals surface area contributed by atoms with Gasteiger partial charge in [0, 0.05) is 17.3 Å². The van der Waals surface area contributed by atoms with Gasteiger partial charge in [-0.05, 0) is 53.7 Å². The van der Waals surface area contributed by atoms with Crippen molar-refractivity contribution in [2.24, 2.45) is 0 Å². The number of carboxylic acids is 1. The Balaban J connectivity index is 1.77. The van der Waals surface area contributed by atoms with E-state index in [1.807, 2.05) is 6.07 Å². The first-order valence-electron chi connectivity index (χ1n) is 6.31. The van der Waals surface area contributed by atoms with Gasteiger partial charge in [0.15, 0.2) is 0 Å². The molecular weight excluding hydrogens is 330 g/mol. The molecule has 1 aromatic rings. The maximum Gasteiger partial charge on any atom is 0.323 e. The van der Waals surface area contributed by atoms with Crippen LogP contribution >= 0.6 is 27.3 Å². The van der Waals surface area contributed by atoms with Gasteiger partial charge in [-0.2, -0.15) is 0 Å². The second-order valence-corrected chi connectivity index (χ2v) is 7.25. The fraction of sp³-hybridized carbons (Fsp3) is 0.538. The zero-order valence-corrected chi connectivity index (χ0v) is 12.9. The summed E-state index contributed by atoms with van der Waals surface area (Å²) < 4.78 is 1.10. The van der Waals surface area contributed by atoms with Crippen molar-refractivity contribution in [3.05, 3.63) is 20.8 Å². The second-order valence-electron chi connectivity index (χ2n) is 4.71. The van der Waals surface area contributed by atoms with E-state index in [9.17, 15) is 9.59 Å². The van der Waals surface area contributed by atoms with Gasteiger partial charge in [-0.25, -0.2) is 0 Å². The van der Waals surface area contributed by atoms with Crippen LogP contribution < -0.4 is 0 Å². The molecule has 1 heterocycles. The van der Waals surface area contributed by atoms with Crippen molar-refractivity contribution in [3.8, 4) is 0 Å². The Morgan fingerprint density at radius 2 is 2.16 bits per heavy atom. The molecule has 4 nitrogen and oxygen atoms in total. The van der Waals surface area contributed by atoms with Crippen LogP contribution in [0.2, 0.25) is 0 Å². The molecule has 0 bridgehead atoms. The number of aliphatic carboxylic acids is 1. The van der Waals surface area contributed by atoms with Gasteiger partial charge >= 0.3 is 5.97 Å². The highest BCUT2D eigenvalue weighted by atomic mass is 79.9. The third kappa shape index (κ3) is 4.62. The minimum Gasteiger partial charge on any atom is -0.480 e. The third-order valence-electron chi connectivity index (χ3n) is 3.06. The summed E-state index contributed by atoms with van der Waals surface area (Å²) in [5.41, 5.74) is 0. The number of carboxylic acid groups (broad SMARTS) is 1. The van der Waals surface area contributed by atoms with Gasteiger partial charge in [0.1, 0.15) is 6.54 Å². The van der Waals surface area contributed by atoms with Crippen LogP contribution in [0.3, 0.4) is 0 Å². The van der Waals surface area contributed by atoms with Gasteiger partial charge in [0.2, 0.25) is 5.91 Å². The van der Waals surface area contributed by atoms with Crippen molar-refractivity contribution in [2.75, 3.05) is 6.54 Å².